The second kappa shape index (κ2) is 6.30. The van der Waals surface area contributed by atoms with Crippen molar-refractivity contribution in [3.05, 3.63) is 65.0 Å². The number of hydrogen-bond donors (Lipinski definition) is 0. The molecular formula is C15H11F3O3. The van der Waals surface area contributed by atoms with Gasteiger partial charge in [-0.25, -0.2) is 13.6 Å². The van der Waals surface area contributed by atoms with Crippen LogP contribution in [0.3, 0.4) is 0 Å². The molecule has 0 aliphatic carbocycles. The van der Waals surface area contributed by atoms with E-state index in [1.165, 1.54) is 24.3 Å². The average Bonchev–Trinajstić information content (AvgIpc) is 2.48. The van der Waals surface area contributed by atoms with Crippen molar-refractivity contribution in [2.75, 3.05) is 7.11 Å². The van der Waals surface area contributed by atoms with Crippen LogP contribution in [0.25, 0.3) is 0 Å². The number of hydrogen-bond acceptors (Lipinski definition) is 3. The van der Waals surface area contributed by atoms with Gasteiger partial charge >= 0.3 is 5.97 Å². The molecule has 2 rings (SSSR count). The summed E-state index contributed by atoms with van der Waals surface area (Å²) in [4.78, 5) is 11.2. The van der Waals surface area contributed by atoms with Crippen LogP contribution in [0.15, 0.2) is 36.4 Å². The minimum Gasteiger partial charge on any atom is -0.486 e. The fourth-order valence-corrected chi connectivity index (χ4v) is 1.68. The number of carbonyl (C=O) groups is 1. The van der Waals surface area contributed by atoms with Crippen LogP contribution >= 0.6 is 0 Å². The average molecular weight is 296 g/mol. The molecular weight excluding hydrogens is 285 g/mol. The van der Waals surface area contributed by atoms with Gasteiger partial charge in [0.05, 0.1) is 12.7 Å². The zero-order valence-electron chi connectivity index (χ0n) is 11.0. The Hall–Kier alpha value is -2.50. The Kier molecular flexibility index (Phi) is 4.47. The summed E-state index contributed by atoms with van der Waals surface area (Å²) in [5, 5.41) is 0. The maximum atomic E-state index is 13.7. The van der Waals surface area contributed by atoms with Crippen molar-refractivity contribution in [2.45, 2.75) is 6.61 Å². The van der Waals surface area contributed by atoms with E-state index in [1.54, 1.807) is 0 Å². The van der Waals surface area contributed by atoms with Gasteiger partial charge in [-0.3, -0.25) is 0 Å². The highest BCUT2D eigenvalue weighted by molar-refractivity contribution is 5.89. The number of rotatable bonds is 4. The second-order valence-corrected chi connectivity index (χ2v) is 4.15. The summed E-state index contributed by atoms with van der Waals surface area (Å²) >= 11 is 0. The third-order valence-electron chi connectivity index (χ3n) is 2.75. The molecule has 0 aliphatic rings. The molecule has 0 radical (unpaired) electrons. The predicted molar refractivity (Wildman–Crippen MR) is 68.4 cm³/mol. The molecule has 2 aromatic rings. The Bertz CT molecular complexity index is 671. The van der Waals surface area contributed by atoms with Gasteiger partial charge in [-0.15, -0.1) is 0 Å². The molecule has 0 N–H and O–H groups in total. The highest BCUT2D eigenvalue weighted by Gasteiger charge is 2.13. The Morgan fingerprint density at radius 2 is 1.86 bits per heavy atom. The Labute approximate surface area is 118 Å². The first-order valence-corrected chi connectivity index (χ1v) is 5.96. The number of esters is 1. The van der Waals surface area contributed by atoms with E-state index in [2.05, 4.69) is 4.74 Å². The molecule has 21 heavy (non-hydrogen) atoms. The van der Waals surface area contributed by atoms with Crippen LogP contribution in [0, 0.1) is 17.5 Å². The largest absolute Gasteiger partial charge is 0.486 e. The minimum absolute atomic E-state index is 0.168. The lowest BCUT2D eigenvalue weighted by Gasteiger charge is -2.08. The van der Waals surface area contributed by atoms with Crippen molar-refractivity contribution in [1.29, 1.82) is 0 Å². The van der Waals surface area contributed by atoms with Gasteiger partial charge in [0, 0.05) is 0 Å². The third kappa shape index (κ3) is 3.34. The fraction of sp³-hybridized carbons (Fsp3) is 0.133. The number of methoxy groups -OCH3 is 1. The molecule has 110 valence electrons. The highest BCUT2D eigenvalue weighted by Crippen LogP contribution is 2.21. The van der Waals surface area contributed by atoms with Crippen molar-refractivity contribution in [3.8, 4) is 5.75 Å². The van der Waals surface area contributed by atoms with Crippen LogP contribution in [-0.2, 0) is 11.3 Å². The molecule has 0 bridgehead atoms. The zero-order valence-corrected chi connectivity index (χ0v) is 11.0. The zero-order chi connectivity index (χ0) is 15.4. The Morgan fingerprint density at radius 3 is 2.52 bits per heavy atom. The fourth-order valence-electron chi connectivity index (χ4n) is 1.68. The van der Waals surface area contributed by atoms with Gasteiger partial charge < -0.3 is 9.47 Å². The van der Waals surface area contributed by atoms with Gasteiger partial charge in [-0.2, -0.15) is 4.39 Å². The van der Waals surface area contributed by atoms with Crippen molar-refractivity contribution in [3.63, 3.8) is 0 Å². The molecule has 0 atom stereocenters. The lowest BCUT2D eigenvalue weighted by molar-refractivity contribution is 0.0595. The second-order valence-electron chi connectivity index (χ2n) is 4.15. The Balaban J connectivity index is 2.12. The van der Waals surface area contributed by atoms with E-state index in [1.807, 2.05) is 0 Å². The maximum Gasteiger partial charge on any atom is 0.340 e. The highest BCUT2D eigenvalue weighted by atomic mass is 19.2. The summed E-state index contributed by atoms with van der Waals surface area (Å²) in [5.41, 5.74) is 0.155. The smallest absolute Gasteiger partial charge is 0.340 e. The van der Waals surface area contributed by atoms with Crippen LogP contribution in [0.5, 0.6) is 5.75 Å². The van der Waals surface area contributed by atoms with Crippen molar-refractivity contribution >= 4 is 5.97 Å². The van der Waals surface area contributed by atoms with Gasteiger partial charge in [0.1, 0.15) is 12.4 Å². The first-order valence-electron chi connectivity index (χ1n) is 5.96. The molecule has 0 saturated carbocycles. The quantitative estimate of drug-likeness (QED) is 0.810. The molecule has 0 saturated heterocycles. The molecule has 0 spiro atoms. The van der Waals surface area contributed by atoms with E-state index in [9.17, 15) is 18.0 Å². The number of benzene rings is 2. The summed E-state index contributed by atoms with van der Waals surface area (Å²) in [6.07, 6.45) is 0. The monoisotopic (exact) mass is 296 g/mol. The molecule has 0 fully saturated rings. The third-order valence-corrected chi connectivity index (χ3v) is 2.75. The number of halogens is 3. The number of ether oxygens (including phenoxy) is 2. The molecule has 0 aromatic heterocycles. The van der Waals surface area contributed by atoms with Crippen molar-refractivity contribution in [1.82, 2.24) is 0 Å². The van der Waals surface area contributed by atoms with E-state index < -0.39 is 23.4 Å². The lowest BCUT2D eigenvalue weighted by atomic mass is 10.1. The van der Waals surface area contributed by atoms with E-state index in [0.29, 0.717) is 5.56 Å². The van der Waals surface area contributed by atoms with Gasteiger partial charge in [0.15, 0.2) is 11.6 Å². The molecule has 2 aromatic carbocycles. The SMILES string of the molecule is COC(=O)c1ccc(COc2cccc(F)c2F)cc1F. The van der Waals surface area contributed by atoms with Crippen LogP contribution in [0.4, 0.5) is 13.2 Å². The van der Waals surface area contributed by atoms with Gasteiger partial charge in [-0.1, -0.05) is 12.1 Å². The number of carbonyl (C=O) groups excluding carboxylic acids is 1. The molecule has 0 heterocycles. The molecule has 0 aliphatic heterocycles. The van der Waals surface area contributed by atoms with E-state index in [-0.39, 0.29) is 17.9 Å². The van der Waals surface area contributed by atoms with Crippen LogP contribution in [-0.4, -0.2) is 13.1 Å². The van der Waals surface area contributed by atoms with Crippen LogP contribution in [0.1, 0.15) is 15.9 Å². The van der Waals surface area contributed by atoms with E-state index in [4.69, 9.17) is 4.74 Å². The summed E-state index contributed by atoms with van der Waals surface area (Å²) in [5.74, 6) is -3.98. The predicted octanol–water partition coefficient (Wildman–Crippen LogP) is 3.47. The summed E-state index contributed by atoms with van der Waals surface area (Å²) in [6.45, 7) is -0.168. The van der Waals surface area contributed by atoms with Gasteiger partial charge in [0.25, 0.3) is 0 Å². The first-order chi connectivity index (χ1) is 10.0. The van der Waals surface area contributed by atoms with Crippen LogP contribution < -0.4 is 4.74 Å². The first kappa shape index (κ1) is 14.9. The molecule has 6 heteroatoms. The molecule has 3 nitrogen and oxygen atoms in total. The maximum absolute atomic E-state index is 13.7. The van der Waals surface area contributed by atoms with E-state index >= 15 is 0 Å². The van der Waals surface area contributed by atoms with Gasteiger partial charge in [-0.05, 0) is 29.8 Å². The lowest BCUT2D eigenvalue weighted by Crippen LogP contribution is -2.06. The summed E-state index contributed by atoms with van der Waals surface area (Å²) in [6, 6.07) is 7.27. The molecule has 0 amide bonds. The van der Waals surface area contributed by atoms with E-state index in [0.717, 1.165) is 19.2 Å². The molecule has 0 unspecified atom stereocenters. The van der Waals surface area contributed by atoms with Crippen molar-refractivity contribution in [2.24, 2.45) is 0 Å². The van der Waals surface area contributed by atoms with Crippen LogP contribution in [0.2, 0.25) is 0 Å². The minimum atomic E-state index is -1.11. The topological polar surface area (TPSA) is 35.5 Å². The van der Waals surface area contributed by atoms with Gasteiger partial charge in [0.2, 0.25) is 5.82 Å². The van der Waals surface area contributed by atoms with Crippen molar-refractivity contribution < 1.29 is 27.4 Å². The normalized spacial score (nSPS) is 10.3. The summed E-state index contributed by atoms with van der Waals surface area (Å²) < 4.78 is 49.5. The standard InChI is InChI=1S/C15H11F3O3/c1-20-15(19)10-6-5-9(7-12(10)17)8-21-13-4-2-3-11(16)14(13)18/h2-7H,8H2,1H3. The Morgan fingerprint density at radius 1 is 1.10 bits per heavy atom. The summed E-state index contributed by atoms with van der Waals surface area (Å²) in [7, 11) is 1.14.